The molecular weight excluding hydrogens is 406 g/mol. The zero-order valence-corrected chi connectivity index (χ0v) is 18.0. The normalized spacial score (nSPS) is 12.4. The number of rotatable bonds is 0. The van der Waals surface area contributed by atoms with Gasteiger partial charge in [-0.05, 0) is 26.9 Å². The largest absolute Gasteiger partial charge is 0.353 e. The average Bonchev–Trinajstić information content (AvgIpc) is 3.44. The van der Waals surface area contributed by atoms with Crippen LogP contribution in [0.15, 0.2) is 97.1 Å². The molecule has 1 N–H and O–H groups in total. The van der Waals surface area contributed by atoms with Gasteiger partial charge in [0.25, 0.3) is 0 Å². The van der Waals surface area contributed by atoms with Crippen molar-refractivity contribution in [1.29, 1.82) is 0 Å². The third-order valence-electron chi connectivity index (χ3n) is 6.97. The Balaban J connectivity index is 1.72. The van der Waals surface area contributed by atoms with Crippen molar-refractivity contribution in [3.8, 4) is 0 Å². The Morgan fingerprint density at radius 2 is 1.00 bits per heavy atom. The first-order valence-electron chi connectivity index (χ1n) is 11.0. The molecule has 0 saturated heterocycles. The van der Waals surface area contributed by atoms with E-state index in [-0.39, 0.29) is 0 Å². The minimum absolute atomic E-state index is 1.23. The van der Waals surface area contributed by atoms with E-state index in [1.807, 2.05) is 11.3 Å². The van der Waals surface area contributed by atoms with Crippen LogP contribution in [0.3, 0.4) is 0 Å². The fraction of sp³-hybridized carbons (Fsp3) is 0. The predicted molar refractivity (Wildman–Crippen MR) is 141 cm³/mol. The molecule has 0 saturated carbocycles. The first-order valence-corrected chi connectivity index (χ1v) is 11.8. The summed E-state index contributed by atoms with van der Waals surface area (Å²) in [6, 6.07) is 35.4. The van der Waals surface area contributed by atoms with E-state index in [2.05, 4.69) is 102 Å². The van der Waals surface area contributed by atoms with Gasteiger partial charge in [-0.15, -0.1) is 11.3 Å². The lowest BCUT2D eigenvalue weighted by molar-refractivity contribution is 1.59. The molecular formula is C30H17NS. The van der Waals surface area contributed by atoms with E-state index < -0.39 is 0 Å². The van der Waals surface area contributed by atoms with E-state index in [1.165, 1.54) is 74.3 Å². The summed E-state index contributed by atoms with van der Waals surface area (Å²) in [6.45, 7) is 0. The number of hydrogen-bond donors (Lipinski definition) is 1. The zero-order valence-electron chi connectivity index (χ0n) is 17.1. The van der Waals surface area contributed by atoms with E-state index >= 15 is 0 Å². The Labute approximate surface area is 187 Å². The molecule has 2 heteroatoms. The molecule has 0 unspecified atom stereocenters. The number of aromatic amines is 1. The van der Waals surface area contributed by atoms with E-state index in [1.54, 1.807) is 0 Å². The summed E-state index contributed by atoms with van der Waals surface area (Å²) >= 11 is 1.92. The highest BCUT2D eigenvalue weighted by Gasteiger charge is 2.19. The Morgan fingerprint density at radius 3 is 1.78 bits per heavy atom. The van der Waals surface area contributed by atoms with Crippen LogP contribution >= 0.6 is 11.3 Å². The molecule has 0 bridgehead atoms. The van der Waals surface area contributed by atoms with Gasteiger partial charge in [0, 0.05) is 31.6 Å². The van der Waals surface area contributed by atoms with Crippen LogP contribution in [0, 0.1) is 0 Å². The van der Waals surface area contributed by atoms with Crippen molar-refractivity contribution in [2.75, 3.05) is 0 Å². The number of nitrogens with one attached hydrogen (secondary N) is 1. The minimum atomic E-state index is 1.23. The summed E-state index contributed by atoms with van der Waals surface area (Å²) in [7, 11) is 0. The lowest BCUT2D eigenvalue weighted by Crippen LogP contribution is -1.78. The van der Waals surface area contributed by atoms with Crippen molar-refractivity contribution >= 4 is 85.6 Å². The van der Waals surface area contributed by atoms with Gasteiger partial charge in [-0.25, -0.2) is 0 Å². The van der Waals surface area contributed by atoms with Crippen LogP contribution in [0.2, 0.25) is 0 Å². The number of thiophene rings is 1. The molecule has 2 aromatic heterocycles. The van der Waals surface area contributed by atoms with Crippen molar-refractivity contribution in [1.82, 2.24) is 4.98 Å². The van der Waals surface area contributed by atoms with Crippen LogP contribution in [0.4, 0.5) is 0 Å². The Kier molecular flexibility index (Phi) is 3.08. The van der Waals surface area contributed by atoms with Crippen LogP contribution < -0.4 is 0 Å². The van der Waals surface area contributed by atoms with Crippen molar-refractivity contribution < 1.29 is 0 Å². The maximum Gasteiger partial charge on any atom is 0.0653 e. The highest BCUT2D eigenvalue weighted by molar-refractivity contribution is 7.27. The topological polar surface area (TPSA) is 15.8 Å². The minimum Gasteiger partial charge on any atom is -0.353 e. The molecule has 0 fully saturated rings. The summed E-state index contributed by atoms with van der Waals surface area (Å²) in [5, 5.41) is 13.2. The fourth-order valence-corrected chi connectivity index (χ4v) is 6.93. The van der Waals surface area contributed by atoms with E-state index in [0.717, 1.165) is 0 Å². The van der Waals surface area contributed by atoms with Crippen LogP contribution in [0.25, 0.3) is 74.3 Å². The summed E-state index contributed by atoms with van der Waals surface area (Å²) in [5.41, 5.74) is 2.49. The Morgan fingerprint density at radius 1 is 0.406 bits per heavy atom. The van der Waals surface area contributed by atoms with E-state index in [9.17, 15) is 0 Å². The molecule has 0 spiro atoms. The van der Waals surface area contributed by atoms with Crippen molar-refractivity contribution in [2.24, 2.45) is 0 Å². The molecule has 0 aliphatic carbocycles. The second-order valence-corrected chi connectivity index (χ2v) is 9.62. The van der Waals surface area contributed by atoms with Gasteiger partial charge in [-0.1, -0.05) is 97.1 Å². The van der Waals surface area contributed by atoms with Crippen LogP contribution in [0.1, 0.15) is 0 Å². The van der Waals surface area contributed by atoms with Gasteiger partial charge >= 0.3 is 0 Å². The Hall–Kier alpha value is -3.88. The number of aromatic nitrogens is 1. The van der Waals surface area contributed by atoms with Gasteiger partial charge < -0.3 is 4.98 Å². The number of benzene rings is 6. The number of hydrogen-bond acceptors (Lipinski definition) is 1. The maximum absolute atomic E-state index is 3.88. The lowest BCUT2D eigenvalue weighted by Gasteiger charge is -2.05. The third-order valence-corrected chi connectivity index (χ3v) is 8.23. The summed E-state index contributed by atoms with van der Waals surface area (Å²) in [4.78, 5) is 3.88. The molecule has 0 atom stereocenters. The van der Waals surface area contributed by atoms with E-state index in [0.29, 0.717) is 0 Å². The van der Waals surface area contributed by atoms with Crippen molar-refractivity contribution in [3.63, 3.8) is 0 Å². The fourth-order valence-electron chi connectivity index (χ4n) is 5.57. The van der Waals surface area contributed by atoms with Gasteiger partial charge in [-0.3, -0.25) is 0 Å². The van der Waals surface area contributed by atoms with Crippen molar-refractivity contribution in [2.45, 2.75) is 0 Å². The zero-order chi connectivity index (χ0) is 20.8. The molecule has 2 heterocycles. The predicted octanol–water partition coefficient (Wildman–Crippen LogP) is 9.15. The monoisotopic (exact) mass is 423 g/mol. The first-order chi connectivity index (χ1) is 15.9. The molecule has 0 amide bonds. The summed E-state index contributed by atoms with van der Waals surface area (Å²) < 4.78 is 2.73. The molecule has 32 heavy (non-hydrogen) atoms. The first kappa shape index (κ1) is 16.8. The second-order valence-electron chi connectivity index (χ2n) is 8.60. The van der Waals surface area contributed by atoms with Gasteiger partial charge in [0.15, 0.2) is 0 Å². The molecule has 148 valence electrons. The van der Waals surface area contributed by atoms with Gasteiger partial charge in [0.05, 0.1) is 15.7 Å². The second kappa shape index (κ2) is 5.87. The smallest absolute Gasteiger partial charge is 0.0653 e. The molecule has 8 aromatic rings. The van der Waals surface area contributed by atoms with Gasteiger partial charge in [-0.2, -0.15) is 0 Å². The molecule has 0 aliphatic rings. The van der Waals surface area contributed by atoms with E-state index in [4.69, 9.17) is 0 Å². The highest BCUT2D eigenvalue weighted by atomic mass is 32.1. The molecule has 8 rings (SSSR count). The standard InChI is InChI=1S/C30H17NS/c1-3-9-19-17(7-1)13-15-23-25-21-11-5-6-12-22(21)26-24-16-14-18-8-2-4-10-20(18)29(24)32-30(26)28(25)31-27(19)23/h1-16,31H. The Bertz CT molecular complexity index is 1890. The SMILES string of the molecule is c1ccc2c(c1)ccc1c2[nH]c2c3sc4c5ccccc5ccc4c3c3ccccc3c12. The lowest BCUT2D eigenvalue weighted by atomic mass is 9.97. The molecule has 6 aromatic carbocycles. The molecule has 0 radical (unpaired) electrons. The van der Waals surface area contributed by atoms with Crippen LogP contribution in [-0.2, 0) is 0 Å². The van der Waals surface area contributed by atoms with Gasteiger partial charge in [0.2, 0.25) is 0 Å². The van der Waals surface area contributed by atoms with Crippen molar-refractivity contribution in [3.05, 3.63) is 97.1 Å². The van der Waals surface area contributed by atoms with Crippen LogP contribution in [0.5, 0.6) is 0 Å². The van der Waals surface area contributed by atoms with Gasteiger partial charge in [0.1, 0.15) is 0 Å². The van der Waals surface area contributed by atoms with Crippen LogP contribution in [-0.4, -0.2) is 4.98 Å². The third kappa shape index (κ3) is 1.99. The highest BCUT2D eigenvalue weighted by Crippen LogP contribution is 2.47. The molecule has 0 aliphatic heterocycles. The summed E-state index contributed by atoms with van der Waals surface area (Å²) in [5.74, 6) is 0. The summed E-state index contributed by atoms with van der Waals surface area (Å²) in [6.07, 6.45) is 0. The maximum atomic E-state index is 3.88. The average molecular weight is 424 g/mol. The number of fused-ring (bicyclic) bond motifs is 14. The number of H-pyrrole nitrogens is 1. The molecule has 1 nitrogen and oxygen atoms in total. The quantitative estimate of drug-likeness (QED) is 0.250.